The molecule has 2 unspecified atom stereocenters. The molecule has 1 rings (SSSR count). The van der Waals surface area contributed by atoms with Crippen molar-refractivity contribution in [1.29, 1.82) is 0 Å². The molecular formula is C14H21ClFNO. The molecule has 102 valence electrons. The number of halogens is 2. The van der Waals surface area contributed by atoms with Gasteiger partial charge in [0.2, 0.25) is 0 Å². The second-order valence-corrected chi connectivity index (χ2v) is 5.70. The molecule has 18 heavy (non-hydrogen) atoms. The summed E-state index contributed by atoms with van der Waals surface area (Å²) in [6.45, 7) is 6.26. The Kier molecular flexibility index (Phi) is 5.14. The molecule has 0 saturated heterocycles. The first-order valence-electron chi connectivity index (χ1n) is 6.16. The van der Waals surface area contributed by atoms with Gasteiger partial charge in [-0.3, -0.25) is 0 Å². The van der Waals surface area contributed by atoms with E-state index in [4.69, 9.17) is 17.3 Å². The van der Waals surface area contributed by atoms with Gasteiger partial charge >= 0.3 is 0 Å². The highest BCUT2D eigenvalue weighted by molar-refractivity contribution is 6.31. The first-order chi connectivity index (χ1) is 8.33. The van der Waals surface area contributed by atoms with Crippen molar-refractivity contribution < 1.29 is 9.50 Å². The number of nitrogens with two attached hydrogens (primary N) is 1. The molecular weight excluding hydrogens is 253 g/mol. The van der Waals surface area contributed by atoms with E-state index in [0.29, 0.717) is 10.6 Å². The lowest BCUT2D eigenvalue weighted by Gasteiger charge is -2.35. The van der Waals surface area contributed by atoms with Gasteiger partial charge in [-0.05, 0) is 29.5 Å². The van der Waals surface area contributed by atoms with Crippen LogP contribution in [0.2, 0.25) is 5.02 Å². The molecule has 0 amide bonds. The Morgan fingerprint density at radius 3 is 2.50 bits per heavy atom. The third-order valence-corrected chi connectivity index (χ3v) is 4.04. The maximum Gasteiger partial charge on any atom is 0.124 e. The van der Waals surface area contributed by atoms with Gasteiger partial charge in [0.15, 0.2) is 0 Å². The fourth-order valence-corrected chi connectivity index (χ4v) is 2.29. The monoisotopic (exact) mass is 273 g/mol. The molecule has 0 fully saturated rings. The van der Waals surface area contributed by atoms with Crippen molar-refractivity contribution >= 4 is 11.6 Å². The van der Waals surface area contributed by atoms with E-state index in [2.05, 4.69) is 0 Å². The minimum Gasteiger partial charge on any atom is -0.392 e. The molecule has 4 heteroatoms. The minimum absolute atomic E-state index is 0.262. The van der Waals surface area contributed by atoms with Crippen LogP contribution in [0.25, 0.3) is 0 Å². The van der Waals surface area contributed by atoms with Crippen LogP contribution in [-0.4, -0.2) is 17.8 Å². The van der Waals surface area contributed by atoms with Crippen LogP contribution < -0.4 is 5.73 Å². The maximum atomic E-state index is 13.0. The van der Waals surface area contributed by atoms with Gasteiger partial charge in [0.05, 0.1) is 6.10 Å². The highest BCUT2D eigenvalue weighted by Gasteiger charge is 2.33. The molecule has 0 aliphatic rings. The molecule has 0 bridgehead atoms. The van der Waals surface area contributed by atoms with Gasteiger partial charge in [-0.25, -0.2) is 4.39 Å². The van der Waals surface area contributed by atoms with Gasteiger partial charge in [0.1, 0.15) is 5.82 Å². The van der Waals surface area contributed by atoms with E-state index in [1.165, 1.54) is 12.1 Å². The van der Waals surface area contributed by atoms with Gasteiger partial charge in [-0.2, -0.15) is 0 Å². The average Bonchev–Trinajstić information content (AvgIpc) is 2.32. The summed E-state index contributed by atoms with van der Waals surface area (Å²) in [5, 5.41) is 10.8. The van der Waals surface area contributed by atoms with E-state index in [1.807, 2.05) is 20.8 Å². The van der Waals surface area contributed by atoms with Gasteiger partial charge in [0, 0.05) is 17.5 Å². The van der Waals surface area contributed by atoms with Crippen molar-refractivity contribution in [1.82, 2.24) is 0 Å². The summed E-state index contributed by atoms with van der Waals surface area (Å²) in [5.74, 6) is -0.670. The Morgan fingerprint density at radius 2 is 2.06 bits per heavy atom. The van der Waals surface area contributed by atoms with Crippen LogP contribution in [-0.2, 0) is 0 Å². The van der Waals surface area contributed by atoms with Gasteiger partial charge in [-0.1, -0.05) is 38.4 Å². The second kappa shape index (κ2) is 6.00. The number of hydrogen-bond donors (Lipinski definition) is 2. The van der Waals surface area contributed by atoms with E-state index in [1.54, 1.807) is 6.07 Å². The Labute approximate surface area is 113 Å². The molecule has 0 saturated carbocycles. The van der Waals surface area contributed by atoms with Crippen LogP contribution in [0.15, 0.2) is 18.2 Å². The zero-order valence-electron chi connectivity index (χ0n) is 11.1. The summed E-state index contributed by atoms with van der Waals surface area (Å²) in [6.07, 6.45) is 0.208. The summed E-state index contributed by atoms with van der Waals surface area (Å²) in [5.41, 5.74) is 6.19. The van der Waals surface area contributed by atoms with Gasteiger partial charge in [0.25, 0.3) is 0 Å². The van der Waals surface area contributed by atoms with Crippen LogP contribution in [0.1, 0.15) is 38.7 Å². The number of benzene rings is 1. The summed E-state index contributed by atoms with van der Waals surface area (Å²) >= 11 is 6.03. The molecule has 0 radical (unpaired) electrons. The lowest BCUT2D eigenvalue weighted by molar-refractivity contribution is 0.0265. The third-order valence-electron chi connectivity index (χ3n) is 3.71. The summed E-state index contributed by atoms with van der Waals surface area (Å²) in [4.78, 5) is 0. The average molecular weight is 274 g/mol. The normalized spacial score (nSPS) is 15.5. The lowest BCUT2D eigenvalue weighted by Crippen LogP contribution is -2.37. The van der Waals surface area contributed by atoms with Crippen LogP contribution in [0.4, 0.5) is 4.39 Å². The van der Waals surface area contributed by atoms with Crippen LogP contribution >= 0.6 is 11.6 Å². The molecule has 1 aromatic carbocycles. The highest BCUT2D eigenvalue weighted by Crippen LogP contribution is 2.36. The van der Waals surface area contributed by atoms with E-state index in [-0.39, 0.29) is 23.7 Å². The summed E-state index contributed by atoms with van der Waals surface area (Å²) < 4.78 is 13.0. The Bertz CT molecular complexity index is 409. The zero-order valence-corrected chi connectivity index (χ0v) is 11.8. The summed E-state index contributed by atoms with van der Waals surface area (Å²) in [6, 6.07) is 4.20. The fourth-order valence-electron chi connectivity index (χ4n) is 1.98. The Morgan fingerprint density at radius 1 is 1.44 bits per heavy atom. The number of rotatable bonds is 5. The molecule has 0 heterocycles. The standard InChI is InChI=1S/C14H21ClFNO/c1-4-14(2,3)13(18)11(8-17)10-6-5-9(16)7-12(10)15/h5-7,11,13,18H,4,8,17H2,1-3H3. The molecule has 0 aliphatic heterocycles. The first kappa shape index (κ1) is 15.4. The second-order valence-electron chi connectivity index (χ2n) is 5.30. The van der Waals surface area contributed by atoms with Crippen LogP contribution in [0.3, 0.4) is 0 Å². The highest BCUT2D eigenvalue weighted by atomic mass is 35.5. The predicted octanol–water partition coefficient (Wildman–Crippen LogP) is 3.32. The number of aliphatic hydroxyl groups excluding tert-OH is 1. The van der Waals surface area contributed by atoms with Crippen molar-refractivity contribution in [3.63, 3.8) is 0 Å². The Hall–Kier alpha value is -0.640. The largest absolute Gasteiger partial charge is 0.392 e. The predicted molar refractivity (Wildman–Crippen MR) is 73.3 cm³/mol. The van der Waals surface area contributed by atoms with E-state index in [9.17, 15) is 9.50 Å². The topological polar surface area (TPSA) is 46.2 Å². The molecule has 2 nitrogen and oxygen atoms in total. The molecule has 0 aromatic heterocycles. The van der Waals surface area contributed by atoms with Crippen molar-refractivity contribution in [3.05, 3.63) is 34.6 Å². The quantitative estimate of drug-likeness (QED) is 0.864. The number of hydrogen-bond acceptors (Lipinski definition) is 2. The zero-order chi connectivity index (χ0) is 13.9. The van der Waals surface area contributed by atoms with Crippen molar-refractivity contribution in [2.75, 3.05) is 6.54 Å². The molecule has 1 aromatic rings. The van der Waals surface area contributed by atoms with E-state index in [0.717, 1.165) is 6.42 Å². The Balaban J connectivity index is 3.10. The van der Waals surface area contributed by atoms with Gasteiger partial charge < -0.3 is 10.8 Å². The fraction of sp³-hybridized carbons (Fsp3) is 0.571. The van der Waals surface area contributed by atoms with Crippen LogP contribution in [0, 0.1) is 11.2 Å². The van der Waals surface area contributed by atoms with Gasteiger partial charge in [-0.15, -0.1) is 0 Å². The van der Waals surface area contributed by atoms with E-state index < -0.39 is 6.10 Å². The SMILES string of the molecule is CCC(C)(C)C(O)C(CN)c1ccc(F)cc1Cl. The molecule has 2 atom stereocenters. The molecule has 0 aliphatic carbocycles. The molecule has 3 N–H and O–H groups in total. The smallest absolute Gasteiger partial charge is 0.124 e. The number of aliphatic hydroxyl groups is 1. The first-order valence-corrected chi connectivity index (χ1v) is 6.54. The van der Waals surface area contributed by atoms with Crippen LogP contribution in [0.5, 0.6) is 0 Å². The van der Waals surface area contributed by atoms with Crippen molar-refractivity contribution in [3.8, 4) is 0 Å². The third kappa shape index (κ3) is 3.22. The minimum atomic E-state index is -0.615. The van der Waals surface area contributed by atoms with Crippen molar-refractivity contribution in [2.45, 2.75) is 39.2 Å². The van der Waals surface area contributed by atoms with E-state index >= 15 is 0 Å². The maximum absolute atomic E-state index is 13.0. The van der Waals surface area contributed by atoms with Crippen molar-refractivity contribution in [2.24, 2.45) is 11.1 Å². The lowest BCUT2D eigenvalue weighted by atomic mass is 9.75. The summed E-state index contributed by atoms with van der Waals surface area (Å²) in [7, 11) is 0. The molecule has 0 spiro atoms.